The lowest BCUT2D eigenvalue weighted by atomic mass is 10.2. The van der Waals surface area contributed by atoms with Crippen LogP contribution in [0.4, 0.5) is 0 Å². The predicted molar refractivity (Wildman–Crippen MR) is 78.8 cm³/mol. The average Bonchev–Trinajstić information content (AvgIpc) is 2.51. The number of aliphatic hydroxyl groups is 1. The molecule has 0 aliphatic heterocycles. The zero-order chi connectivity index (χ0) is 16.7. The average molecular weight is 314 g/mol. The summed E-state index contributed by atoms with van der Waals surface area (Å²) in [6.45, 7) is 3.32. The van der Waals surface area contributed by atoms with Gasteiger partial charge in [0, 0.05) is 12.1 Å². The molecule has 2 unspecified atom stereocenters. The van der Waals surface area contributed by atoms with Gasteiger partial charge in [-0.25, -0.2) is 4.79 Å². The van der Waals surface area contributed by atoms with E-state index in [9.17, 15) is 9.90 Å². The van der Waals surface area contributed by atoms with Crippen molar-refractivity contribution in [1.82, 2.24) is 0 Å². The van der Waals surface area contributed by atoms with E-state index in [0.29, 0.717) is 17.2 Å². The number of methoxy groups -OCH3 is 3. The van der Waals surface area contributed by atoms with Gasteiger partial charge in [-0.3, -0.25) is 0 Å². The fourth-order valence-electron chi connectivity index (χ4n) is 1.84. The summed E-state index contributed by atoms with van der Waals surface area (Å²) >= 11 is 0. The molecule has 1 N–H and O–H groups in total. The van der Waals surface area contributed by atoms with E-state index in [1.807, 2.05) is 0 Å². The number of carbonyl (C=O) groups excluding carboxylic acids is 1. The van der Waals surface area contributed by atoms with Gasteiger partial charge in [-0.05, 0) is 13.8 Å². The fraction of sp³-hybridized carbons (Fsp3) is 0.533. The topological polar surface area (TPSA) is 83.5 Å². The Hall–Kier alpha value is -2.15. The van der Waals surface area contributed by atoms with Crippen molar-refractivity contribution < 1.29 is 33.6 Å². The maximum absolute atomic E-state index is 11.8. The van der Waals surface area contributed by atoms with Crippen LogP contribution < -0.4 is 18.9 Å². The minimum Gasteiger partial charge on any atom is -0.493 e. The van der Waals surface area contributed by atoms with Crippen molar-refractivity contribution >= 4 is 5.97 Å². The van der Waals surface area contributed by atoms with Crippen LogP contribution in [0.25, 0.3) is 0 Å². The summed E-state index contributed by atoms with van der Waals surface area (Å²) in [5.74, 6) is 0.803. The molecule has 0 aliphatic rings. The van der Waals surface area contributed by atoms with Gasteiger partial charge < -0.3 is 28.8 Å². The van der Waals surface area contributed by atoms with Gasteiger partial charge in [0.2, 0.25) is 11.9 Å². The highest BCUT2D eigenvalue weighted by Crippen LogP contribution is 2.41. The van der Waals surface area contributed by atoms with E-state index in [1.165, 1.54) is 40.4 Å². The first-order valence-electron chi connectivity index (χ1n) is 6.79. The molecule has 0 bridgehead atoms. The summed E-state index contributed by atoms with van der Waals surface area (Å²) in [4.78, 5) is 11.8. The zero-order valence-electron chi connectivity index (χ0n) is 13.4. The molecule has 0 radical (unpaired) electrons. The van der Waals surface area contributed by atoms with Gasteiger partial charge in [-0.15, -0.1) is 0 Å². The molecule has 7 nitrogen and oxygen atoms in total. The van der Waals surface area contributed by atoms with E-state index in [4.69, 9.17) is 23.7 Å². The lowest BCUT2D eigenvalue weighted by Gasteiger charge is -2.21. The van der Waals surface area contributed by atoms with E-state index >= 15 is 0 Å². The van der Waals surface area contributed by atoms with Crippen LogP contribution in [0.15, 0.2) is 12.1 Å². The van der Waals surface area contributed by atoms with Crippen molar-refractivity contribution in [3.63, 3.8) is 0 Å². The molecule has 2 atom stereocenters. The normalized spacial score (nSPS) is 13.0. The molecule has 0 saturated carbocycles. The quantitative estimate of drug-likeness (QED) is 0.726. The summed E-state index contributed by atoms with van der Waals surface area (Å²) in [6, 6.07) is 3.08. The Labute approximate surface area is 129 Å². The predicted octanol–water partition coefficient (Wildman–Crippen LogP) is 1.40. The van der Waals surface area contributed by atoms with Crippen LogP contribution in [-0.2, 0) is 9.53 Å². The number of benzene rings is 1. The van der Waals surface area contributed by atoms with Crippen LogP contribution in [0.5, 0.6) is 23.0 Å². The molecule has 1 aromatic carbocycles. The molecule has 1 aromatic rings. The van der Waals surface area contributed by atoms with Gasteiger partial charge in [-0.1, -0.05) is 0 Å². The molecule has 0 aliphatic carbocycles. The van der Waals surface area contributed by atoms with E-state index < -0.39 is 18.2 Å². The van der Waals surface area contributed by atoms with Gasteiger partial charge >= 0.3 is 5.97 Å². The SMILES string of the molecule is CCOC(=O)C(Oc1cc(OC)c(OC)c(OC)c1)C(C)O. The molecule has 1 rings (SSSR count). The van der Waals surface area contributed by atoms with Crippen LogP contribution in [0.1, 0.15) is 13.8 Å². The minimum atomic E-state index is -1.15. The van der Waals surface area contributed by atoms with E-state index in [-0.39, 0.29) is 12.4 Å². The molecule has 22 heavy (non-hydrogen) atoms. The van der Waals surface area contributed by atoms with E-state index in [1.54, 1.807) is 6.92 Å². The molecule has 0 spiro atoms. The van der Waals surface area contributed by atoms with Gasteiger partial charge in [0.1, 0.15) is 5.75 Å². The largest absolute Gasteiger partial charge is 0.493 e. The van der Waals surface area contributed by atoms with Crippen LogP contribution in [-0.4, -0.2) is 51.2 Å². The van der Waals surface area contributed by atoms with Crippen LogP contribution in [0.2, 0.25) is 0 Å². The minimum absolute atomic E-state index is 0.195. The number of hydrogen-bond donors (Lipinski definition) is 1. The number of esters is 1. The van der Waals surface area contributed by atoms with Gasteiger partial charge in [-0.2, -0.15) is 0 Å². The van der Waals surface area contributed by atoms with E-state index in [2.05, 4.69) is 0 Å². The van der Waals surface area contributed by atoms with Crippen LogP contribution in [0, 0.1) is 0 Å². The van der Waals surface area contributed by atoms with Crippen molar-refractivity contribution in [3.05, 3.63) is 12.1 Å². The molecule has 124 valence electrons. The van der Waals surface area contributed by atoms with Crippen molar-refractivity contribution in [2.75, 3.05) is 27.9 Å². The van der Waals surface area contributed by atoms with Gasteiger partial charge in [0.15, 0.2) is 11.5 Å². The number of carbonyl (C=O) groups is 1. The standard InChI is InChI=1S/C15H22O7/c1-6-21-15(17)13(9(2)16)22-10-7-11(18-3)14(20-5)12(8-10)19-4/h7-9,13,16H,6H2,1-5H3. The second kappa shape index (κ2) is 8.33. The smallest absolute Gasteiger partial charge is 0.350 e. The number of aliphatic hydroxyl groups excluding tert-OH is 1. The second-order valence-corrected chi connectivity index (χ2v) is 4.39. The Kier molecular flexibility index (Phi) is 6.78. The third kappa shape index (κ3) is 4.17. The Morgan fingerprint density at radius 2 is 1.68 bits per heavy atom. The van der Waals surface area contributed by atoms with Crippen molar-refractivity contribution in [2.45, 2.75) is 26.1 Å². The summed E-state index contributed by atoms with van der Waals surface area (Å²) in [6.07, 6.45) is -2.19. The first-order valence-corrected chi connectivity index (χ1v) is 6.79. The molecular formula is C15H22O7. The summed E-state index contributed by atoms with van der Waals surface area (Å²) in [5, 5.41) is 9.71. The lowest BCUT2D eigenvalue weighted by Crippen LogP contribution is -2.38. The maximum atomic E-state index is 11.8. The Balaban J connectivity index is 3.12. The van der Waals surface area contributed by atoms with Crippen molar-refractivity contribution in [1.29, 1.82) is 0 Å². The number of rotatable bonds is 8. The molecule has 0 aromatic heterocycles. The Morgan fingerprint density at radius 3 is 2.05 bits per heavy atom. The summed E-state index contributed by atoms with van der Waals surface area (Å²) in [5.41, 5.74) is 0. The summed E-state index contributed by atoms with van der Waals surface area (Å²) in [7, 11) is 4.43. The molecule has 0 amide bonds. The highest BCUT2D eigenvalue weighted by molar-refractivity contribution is 5.76. The van der Waals surface area contributed by atoms with Crippen LogP contribution in [0.3, 0.4) is 0 Å². The lowest BCUT2D eigenvalue weighted by molar-refractivity contribution is -0.156. The highest BCUT2D eigenvalue weighted by Gasteiger charge is 2.28. The van der Waals surface area contributed by atoms with Crippen molar-refractivity contribution in [3.8, 4) is 23.0 Å². The third-order valence-electron chi connectivity index (χ3n) is 2.86. The third-order valence-corrected chi connectivity index (χ3v) is 2.86. The van der Waals surface area contributed by atoms with E-state index in [0.717, 1.165) is 0 Å². The first kappa shape index (κ1) is 17.9. The maximum Gasteiger partial charge on any atom is 0.350 e. The molecule has 7 heteroatoms. The summed E-state index contributed by atoms with van der Waals surface area (Å²) < 4.78 is 26.0. The molecule has 0 saturated heterocycles. The highest BCUT2D eigenvalue weighted by atomic mass is 16.6. The van der Waals surface area contributed by atoms with Crippen molar-refractivity contribution in [2.24, 2.45) is 0 Å². The van der Waals surface area contributed by atoms with Crippen LogP contribution >= 0.6 is 0 Å². The zero-order valence-corrected chi connectivity index (χ0v) is 13.4. The fourth-order valence-corrected chi connectivity index (χ4v) is 1.84. The molecular weight excluding hydrogens is 292 g/mol. The number of hydrogen-bond acceptors (Lipinski definition) is 7. The Morgan fingerprint density at radius 1 is 1.14 bits per heavy atom. The monoisotopic (exact) mass is 314 g/mol. The molecule has 0 fully saturated rings. The first-order chi connectivity index (χ1) is 10.5. The number of ether oxygens (including phenoxy) is 5. The molecule has 0 heterocycles. The van der Waals surface area contributed by atoms with Gasteiger partial charge in [0.25, 0.3) is 0 Å². The second-order valence-electron chi connectivity index (χ2n) is 4.39. The Bertz CT molecular complexity index is 474. The van der Waals surface area contributed by atoms with Gasteiger partial charge in [0.05, 0.1) is 34.0 Å².